The van der Waals surface area contributed by atoms with Crippen LogP contribution in [0.4, 0.5) is 0 Å². The van der Waals surface area contributed by atoms with Crippen molar-refractivity contribution >= 4 is 5.97 Å². The van der Waals surface area contributed by atoms with Crippen molar-refractivity contribution in [3.8, 4) is 11.5 Å². The molecule has 7 N–H and O–H groups in total. The van der Waals surface area contributed by atoms with Crippen LogP contribution in [0.25, 0.3) is 0 Å². The number of esters is 1. The first-order chi connectivity index (χ1) is 18.6. The Morgan fingerprint density at radius 1 is 0.846 bits per heavy atom. The fourth-order valence-corrected chi connectivity index (χ4v) is 4.32. The molecular formula is C26H32O13. The third-order valence-corrected chi connectivity index (χ3v) is 6.59. The van der Waals surface area contributed by atoms with Gasteiger partial charge in [0, 0.05) is 0 Å². The number of carbonyl (C=O) groups is 1. The number of ether oxygens (including phenoxy) is 5. The summed E-state index contributed by atoms with van der Waals surface area (Å²) in [6.07, 6.45) is -15.4. The number of aliphatic hydroxyl groups excluding tert-OH is 6. The maximum atomic E-state index is 12.9. The van der Waals surface area contributed by atoms with Gasteiger partial charge in [0.25, 0.3) is 0 Å². The Bertz CT molecular complexity index is 1100. The van der Waals surface area contributed by atoms with E-state index < -0.39 is 79.7 Å². The highest BCUT2D eigenvalue weighted by Crippen LogP contribution is 2.34. The van der Waals surface area contributed by atoms with Gasteiger partial charge in [-0.2, -0.15) is 0 Å². The minimum atomic E-state index is -1.76. The summed E-state index contributed by atoms with van der Waals surface area (Å²) < 4.78 is 27.8. The van der Waals surface area contributed by atoms with Crippen LogP contribution in [0, 0.1) is 0 Å². The van der Waals surface area contributed by atoms with Gasteiger partial charge in [0.1, 0.15) is 60.3 Å². The molecule has 2 heterocycles. The Hall–Kier alpha value is -2.85. The summed E-state index contributed by atoms with van der Waals surface area (Å²) in [5.41, 5.74) is 0.335. The van der Waals surface area contributed by atoms with Gasteiger partial charge in [0.05, 0.1) is 12.7 Å². The molecule has 214 valence electrons. The third-order valence-electron chi connectivity index (χ3n) is 6.59. The lowest BCUT2D eigenvalue weighted by molar-refractivity contribution is -0.354. The van der Waals surface area contributed by atoms with Crippen molar-refractivity contribution in [1.29, 1.82) is 0 Å². The summed E-state index contributed by atoms with van der Waals surface area (Å²) in [6, 6.07) is 12.7. The van der Waals surface area contributed by atoms with Gasteiger partial charge in [-0.3, -0.25) is 0 Å². The minimum absolute atomic E-state index is 0.0973. The molecule has 0 aliphatic carbocycles. The first-order valence-electron chi connectivity index (χ1n) is 12.3. The molecule has 13 nitrogen and oxygen atoms in total. The highest BCUT2D eigenvalue weighted by atomic mass is 16.8. The first kappa shape index (κ1) is 29.1. The summed E-state index contributed by atoms with van der Waals surface area (Å²) in [5, 5.41) is 71.7. The average Bonchev–Trinajstić information content (AvgIpc) is 2.93. The lowest BCUT2D eigenvalue weighted by atomic mass is 9.97. The predicted molar refractivity (Wildman–Crippen MR) is 129 cm³/mol. The van der Waals surface area contributed by atoms with E-state index in [0.29, 0.717) is 5.56 Å². The van der Waals surface area contributed by atoms with Crippen LogP contribution < -0.4 is 4.74 Å². The molecular weight excluding hydrogens is 520 g/mol. The number of aromatic hydroxyl groups is 1. The van der Waals surface area contributed by atoms with Crippen molar-refractivity contribution < 1.29 is 64.2 Å². The second-order valence-corrected chi connectivity index (χ2v) is 9.32. The number of benzene rings is 2. The molecule has 0 aromatic heterocycles. The lowest BCUT2D eigenvalue weighted by Crippen LogP contribution is -2.64. The van der Waals surface area contributed by atoms with E-state index in [0.717, 1.165) is 0 Å². The van der Waals surface area contributed by atoms with Gasteiger partial charge >= 0.3 is 5.97 Å². The Labute approximate surface area is 223 Å². The van der Waals surface area contributed by atoms with Crippen LogP contribution in [0.5, 0.6) is 11.5 Å². The SMILES string of the molecule is C[C@@H]1O[C@@H](O[C@@H]2C(O)[C@H](O)[C@@H](CO)O[C@H]2Oc2cccc(O)c2C(=O)OCc2ccccc2)[C@H](O)[C@H](O)[C@H]1O. The van der Waals surface area contributed by atoms with E-state index in [1.54, 1.807) is 30.3 Å². The Kier molecular flexibility index (Phi) is 9.38. The molecule has 13 heteroatoms. The highest BCUT2D eigenvalue weighted by molar-refractivity contribution is 5.95. The van der Waals surface area contributed by atoms with Crippen LogP contribution in [0.2, 0.25) is 0 Å². The van der Waals surface area contributed by atoms with Gasteiger partial charge in [-0.15, -0.1) is 0 Å². The predicted octanol–water partition coefficient (Wildman–Crippen LogP) is -1.22. The van der Waals surface area contributed by atoms with E-state index in [2.05, 4.69) is 0 Å². The number of phenols is 1. The molecule has 2 aliphatic rings. The van der Waals surface area contributed by atoms with E-state index in [1.165, 1.54) is 25.1 Å². The number of hydrogen-bond acceptors (Lipinski definition) is 13. The van der Waals surface area contributed by atoms with Crippen molar-refractivity contribution in [2.75, 3.05) is 6.61 Å². The zero-order chi connectivity index (χ0) is 28.3. The molecule has 2 aliphatic heterocycles. The van der Waals surface area contributed by atoms with Gasteiger partial charge in [0.2, 0.25) is 6.29 Å². The maximum Gasteiger partial charge on any atom is 0.346 e. The van der Waals surface area contributed by atoms with E-state index in [4.69, 9.17) is 23.7 Å². The van der Waals surface area contributed by atoms with E-state index >= 15 is 0 Å². The molecule has 0 amide bonds. The minimum Gasteiger partial charge on any atom is -0.507 e. The monoisotopic (exact) mass is 552 g/mol. The molecule has 4 rings (SSSR count). The summed E-state index contributed by atoms with van der Waals surface area (Å²) in [4.78, 5) is 12.9. The summed E-state index contributed by atoms with van der Waals surface area (Å²) in [7, 11) is 0. The molecule has 10 atom stereocenters. The van der Waals surface area contributed by atoms with Gasteiger partial charge in [-0.05, 0) is 24.6 Å². The standard InChI is InChI=1S/C26H32O13/c1-12-18(29)20(31)22(33)25(36-12)39-23-21(32)19(30)16(10-27)38-26(23)37-15-9-5-8-14(28)17(15)24(34)35-11-13-6-3-2-4-7-13/h2-9,12,16,18-23,25-33H,10-11H2,1H3/t12-,16+,18-,19+,20+,21?,22+,23+,25-,26+/m0/s1. The number of carbonyl (C=O) groups excluding carboxylic acids is 1. The van der Waals surface area contributed by atoms with Gasteiger partial charge in [-0.25, -0.2) is 4.79 Å². The van der Waals surface area contributed by atoms with Crippen LogP contribution in [0.3, 0.4) is 0 Å². The number of hydrogen-bond donors (Lipinski definition) is 7. The van der Waals surface area contributed by atoms with Crippen LogP contribution in [-0.4, -0.2) is 110 Å². The summed E-state index contributed by atoms with van der Waals surface area (Å²) in [5.74, 6) is -1.65. The fraction of sp³-hybridized carbons (Fsp3) is 0.500. The van der Waals surface area contributed by atoms with Crippen LogP contribution in [0.1, 0.15) is 22.8 Å². The Morgan fingerprint density at radius 2 is 1.56 bits per heavy atom. The van der Waals surface area contributed by atoms with Crippen molar-refractivity contribution in [1.82, 2.24) is 0 Å². The van der Waals surface area contributed by atoms with Crippen LogP contribution >= 0.6 is 0 Å². The Morgan fingerprint density at radius 3 is 2.26 bits per heavy atom. The summed E-state index contributed by atoms with van der Waals surface area (Å²) >= 11 is 0. The zero-order valence-corrected chi connectivity index (χ0v) is 20.9. The molecule has 0 radical (unpaired) electrons. The average molecular weight is 553 g/mol. The number of aliphatic hydroxyl groups is 6. The molecule has 0 saturated carbocycles. The van der Waals surface area contributed by atoms with Crippen LogP contribution in [0.15, 0.2) is 48.5 Å². The largest absolute Gasteiger partial charge is 0.507 e. The molecule has 39 heavy (non-hydrogen) atoms. The normalized spacial score (nSPS) is 34.8. The molecule has 2 aromatic carbocycles. The zero-order valence-electron chi connectivity index (χ0n) is 20.9. The number of rotatable bonds is 8. The molecule has 1 unspecified atom stereocenters. The lowest BCUT2D eigenvalue weighted by Gasteiger charge is -2.45. The summed E-state index contributed by atoms with van der Waals surface area (Å²) in [6.45, 7) is 0.607. The first-order valence-corrected chi connectivity index (χ1v) is 12.3. The quantitative estimate of drug-likeness (QED) is 0.192. The number of phenolic OH excluding ortho intramolecular Hbond substituents is 1. The molecule has 2 fully saturated rings. The third kappa shape index (κ3) is 6.32. The second-order valence-electron chi connectivity index (χ2n) is 9.32. The van der Waals surface area contributed by atoms with Crippen molar-refractivity contribution in [2.24, 2.45) is 0 Å². The van der Waals surface area contributed by atoms with Gasteiger partial charge in [0.15, 0.2) is 12.4 Å². The Balaban J connectivity index is 1.58. The molecule has 2 aromatic rings. The highest BCUT2D eigenvalue weighted by Gasteiger charge is 2.51. The van der Waals surface area contributed by atoms with Crippen molar-refractivity contribution in [3.63, 3.8) is 0 Å². The molecule has 2 saturated heterocycles. The smallest absolute Gasteiger partial charge is 0.346 e. The van der Waals surface area contributed by atoms with Crippen molar-refractivity contribution in [2.45, 2.75) is 74.9 Å². The van der Waals surface area contributed by atoms with Gasteiger partial charge < -0.3 is 59.4 Å². The van der Waals surface area contributed by atoms with E-state index in [9.17, 15) is 40.5 Å². The van der Waals surface area contributed by atoms with Gasteiger partial charge in [-0.1, -0.05) is 36.4 Å². The fourth-order valence-electron chi connectivity index (χ4n) is 4.32. The maximum absolute atomic E-state index is 12.9. The van der Waals surface area contributed by atoms with E-state index in [-0.39, 0.29) is 17.9 Å². The van der Waals surface area contributed by atoms with Crippen molar-refractivity contribution in [3.05, 3.63) is 59.7 Å². The molecule has 0 spiro atoms. The van der Waals surface area contributed by atoms with E-state index in [1.807, 2.05) is 0 Å². The molecule has 0 bridgehead atoms. The second kappa shape index (κ2) is 12.6. The van der Waals surface area contributed by atoms with Crippen LogP contribution in [-0.2, 0) is 25.6 Å². The topological polar surface area (TPSA) is 205 Å².